The first-order valence-corrected chi connectivity index (χ1v) is 18.4. The number of anilines is 2. The van der Waals surface area contributed by atoms with E-state index in [1.165, 1.54) is 0 Å². The van der Waals surface area contributed by atoms with Crippen molar-refractivity contribution in [1.29, 1.82) is 0 Å². The zero-order valence-corrected chi connectivity index (χ0v) is 29.5. The van der Waals surface area contributed by atoms with E-state index in [2.05, 4.69) is 94.4 Å². The van der Waals surface area contributed by atoms with Crippen LogP contribution in [0.15, 0.2) is 176 Å². The van der Waals surface area contributed by atoms with Gasteiger partial charge in [-0.15, -0.1) is 0 Å². The third-order valence-electron chi connectivity index (χ3n) is 10.8. The molecule has 0 spiro atoms. The Morgan fingerprint density at radius 3 is 1.87 bits per heavy atom. The Balaban J connectivity index is 1.09. The van der Waals surface area contributed by atoms with Crippen molar-refractivity contribution in [1.82, 2.24) is 24.5 Å². The van der Waals surface area contributed by atoms with Crippen LogP contribution in [0, 0.1) is 5.82 Å². The summed E-state index contributed by atoms with van der Waals surface area (Å²) in [6.07, 6.45) is 8.55. The van der Waals surface area contributed by atoms with Crippen molar-refractivity contribution in [3.05, 3.63) is 187 Å². The molecule has 6 nitrogen and oxygen atoms in total. The lowest BCUT2D eigenvalue weighted by molar-refractivity contribution is 0.614. The fourth-order valence-electron chi connectivity index (χ4n) is 8.35. The summed E-state index contributed by atoms with van der Waals surface area (Å²) in [5, 5.41) is 3.08. The molecule has 0 fully saturated rings. The molecule has 0 saturated heterocycles. The van der Waals surface area contributed by atoms with Gasteiger partial charge in [-0.1, -0.05) is 127 Å². The Morgan fingerprint density at radius 1 is 0.527 bits per heavy atom. The van der Waals surface area contributed by atoms with Crippen molar-refractivity contribution in [2.24, 2.45) is 0 Å². The van der Waals surface area contributed by atoms with E-state index < -0.39 is 0 Å². The van der Waals surface area contributed by atoms with Gasteiger partial charge < -0.3 is 9.47 Å². The number of halogens is 1. The second-order valence-electron chi connectivity index (χ2n) is 14.0. The summed E-state index contributed by atoms with van der Waals surface area (Å²) in [4.78, 5) is 21.8. The molecular formula is C48H31FN6. The first kappa shape index (κ1) is 31.3. The van der Waals surface area contributed by atoms with Gasteiger partial charge in [-0.2, -0.15) is 0 Å². The van der Waals surface area contributed by atoms with Gasteiger partial charge in [-0.3, -0.25) is 0 Å². The highest BCUT2D eigenvalue weighted by Crippen LogP contribution is 2.52. The van der Waals surface area contributed by atoms with Gasteiger partial charge in [0.15, 0.2) is 29.1 Å². The second-order valence-corrected chi connectivity index (χ2v) is 14.0. The molecule has 0 saturated carbocycles. The Bertz CT molecular complexity index is 2950. The lowest BCUT2D eigenvalue weighted by Gasteiger charge is -2.28. The van der Waals surface area contributed by atoms with Gasteiger partial charge >= 0.3 is 0 Å². The SMILES string of the molecule is Fc1cc2ccccc2nc1N1c2ccc3c4ccccc4n(-c4ccc(-c5nc(-c6ccccc6)nc(-c6ccccc6)n5)cc4)c3c2C2C=CC=CC21. The molecule has 0 bridgehead atoms. The summed E-state index contributed by atoms with van der Waals surface area (Å²) < 4.78 is 18.5. The van der Waals surface area contributed by atoms with Crippen LogP contribution in [-0.4, -0.2) is 30.5 Å². The van der Waals surface area contributed by atoms with Gasteiger partial charge in [0.05, 0.1) is 22.6 Å². The molecule has 11 rings (SSSR count). The summed E-state index contributed by atoms with van der Waals surface area (Å²) in [6.45, 7) is 0. The van der Waals surface area contributed by atoms with E-state index >= 15 is 4.39 Å². The molecule has 2 aliphatic rings. The highest BCUT2D eigenvalue weighted by atomic mass is 19.1. The number of benzene rings is 6. The number of nitrogens with zero attached hydrogens (tertiary/aromatic N) is 6. The number of pyridine rings is 1. The number of aromatic nitrogens is 5. The average Bonchev–Trinajstić information content (AvgIpc) is 3.77. The maximum atomic E-state index is 16.1. The van der Waals surface area contributed by atoms with Gasteiger partial charge in [0, 0.05) is 55.7 Å². The monoisotopic (exact) mass is 710 g/mol. The van der Waals surface area contributed by atoms with Crippen molar-refractivity contribution >= 4 is 44.2 Å². The minimum atomic E-state index is -0.339. The van der Waals surface area contributed by atoms with Crippen LogP contribution in [0.25, 0.3) is 72.6 Å². The number of hydrogen-bond donors (Lipinski definition) is 0. The molecular weight excluding hydrogens is 680 g/mol. The molecule has 7 heteroatoms. The van der Waals surface area contributed by atoms with Crippen molar-refractivity contribution in [2.75, 3.05) is 4.90 Å². The summed E-state index contributed by atoms with van der Waals surface area (Å²) in [7, 11) is 0. The molecule has 0 N–H and O–H groups in total. The Kier molecular flexibility index (Phi) is 7.07. The average molecular weight is 711 g/mol. The highest BCUT2D eigenvalue weighted by Gasteiger charge is 2.41. The van der Waals surface area contributed by atoms with Crippen LogP contribution < -0.4 is 4.90 Å². The zero-order chi connectivity index (χ0) is 36.5. The molecule has 3 aromatic heterocycles. The van der Waals surface area contributed by atoms with Crippen molar-refractivity contribution in [2.45, 2.75) is 12.0 Å². The third kappa shape index (κ3) is 5.01. The Morgan fingerprint density at radius 2 is 1.15 bits per heavy atom. The summed E-state index contributed by atoms with van der Waals surface area (Å²) in [6, 6.07) is 50.5. The van der Waals surface area contributed by atoms with Crippen LogP contribution in [0.3, 0.4) is 0 Å². The van der Waals surface area contributed by atoms with Crippen LogP contribution in [-0.2, 0) is 0 Å². The number of para-hydroxylation sites is 2. The normalized spacial score (nSPS) is 15.9. The molecule has 1 aliphatic heterocycles. The molecule has 9 aromatic rings. The maximum absolute atomic E-state index is 16.1. The topological polar surface area (TPSA) is 59.7 Å². The first-order valence-electron chi connectivity index (χ1n) is 18.4. The van der Waals surface area contributed by atoms with Crippen LogP contribution in [0.1, 0.15) is 11.5 Å². The minimum Gasteiger partial charge on any atom is -0.316 e. The van der Waals surface area contributed by atoms with E-state index in [1.54, 1.807) is 6.07 Å². The van der Waals surface area contributed by atoms with Crippen molar-refractivity contribution < 1.29 is 4.39 Å². The molecule has 260 valence electrons. The fourth-order valence-corrected chi connectivity index (χ4v) is 8.35. The summed E-state index contributed by atoms with van der Waals surface area (Å²) >= 11 is 0. The van der Waals surface area contributed by atoms with Gasteiger partial charge in [0.2, 0.25) is 0 Å². The molecule has 6 aromatic carbocycles. The van der Waals surface area contributed by atoms with Gasteiger partial charge in [-0.05, 0) is 48.5 Å². The molecule has 2 atom stereocenters. The Labute approximate surface area is 316 Å². The van der Waals surface area contributed by atoms with E-state index in [0.717, 1.165) is 66.3 Å². The van der Waals surface area contributed by atoms with Crippen LogP contribution in [0.4, 0.5) is 15.9 Å². The van der Waals surface area contributed by atoms with Gasteiger partial charge in [-0.25, -0.2) is 24.3 Å². The van der Waals surface area contributed by atoms with E-state index in [4.69, 9.17) is 19.9 Å². The largest absolute Gasteiger partial charge is 0.316 e. The van der Waals surface area contributed by atoms with E-state index in [9.17, 15) is 0 Å². The van der Waals surface area contributed by atoms with Crippen LogP contribution in [0.2, 0.25) is 0 Å². The second kappa shape index (κ2) is 12.4. The van der Waals surface area contributed by atoms with E-state index in [1.807, 2.05) is 84.9 Å². The standard InChI is InChI=1S/C48H31FN6/c49-38-29-33-17-7-10-20-39(33)50-48(38)55-41-22-12-9-19-37(41)43-42(55)28-27-36-35-18-8-11-21-40(35)54(44(36)43)34-25-23-32(24-26-34)47-52-45(30-13-3-1-4-14-30)51-46(53-47)31-15-5-2-6-16-31/h1-29,37,41H. The number of allylic oxidation sites excluding steroid dienone is 2. The predicted molar refractivity (Wildman–Crippen MR) is 219 cm³/mol. The van der Waals surface area contributed by atoms with Crippen molar-refractivity contribution in [3.8, 4) is 39.9 Å². The summed E-state index contributed by atoms with van der Waals surface area (Å²) in [5.74, 6) is 1.83. The minimum absolute atomic E-state index is 0.0169. The molecule has 0 radical (unpaired) electrons. The fraction of sp³-hybridized carbons (Fsp3) is 0.0417. The molecule has 2 unspecified atom stereocenters. The van der Waals surface area contributed by atoms with Crippen LogP contribution in [0.5, 0.6) is 0 Å². The third-order valence-corrected chi connectivity index (χ3v) is 10.8. The quantitative estimate of drug-likeness (QED) is 0.178. The van der Waals surface area contributed by atoms with Gasteiger partial charge in [0.1, 0.15) is 0 Å². The lowest BCUT2D eigenvalue weighted by Crippen LogP contribution is -2.30. The van der Waals surface area contributed by atoms with E-state index in [-0.39, 0.29) is 17.8 Å². The number of fused-ring (bicyclic) bond motifs is 8. The predicted octanol–water partition coefficient (Wildman–Crippen LogP) is 11.4. The molecule has 55 heavy (non-hydrogen) atoms. The van der Waals surface area contributed by atoms with Crippen LogP contribution >= 0.6 is 0 Å². The molecule has 4 heterocycles. The molecule has 0 amide bonds. The molecule has 1 aliphatic carbocycles. The highest BCUT2D eigenvalue weighted by molar-refractivity contribution is 6.12. The number of rotatable bonds is 5. The first-order chi connectivity index (χ1) is 27.2. The Hall–Kier alpha value is -7.25. The van der Waals surface area contributed by atoms with Gasteiger partial charge in [0.25, 0.3) is 0 Å². The van der Waals surface area contributed by atoms with E-state index in [0.29, 0.717) is 23.3 Å². The zero-order valence-electron chi connectivity index (χ0n) is 29.5. The maximum Gasteiger partial charge on any atom is 0.170 e. The summed E-state index contributed by atoms with van der Waals surface area (Å²) in [5.41, 5.74) is 8.80. The lowest BCUT2D eigenvalue weighted by atomic mass is 9.90. The van der Waals surface area contributed by atoms with Crippen molar-refractivity contribution in [3.63, 3.8) is 0 Å². The number of hydrogen-bond acceptors (Lipinski definition) is 5. The smallest absolute Gasteiger partial charge is 0.170 e.